The van der Waals surface area contributed by atoms with E-state index in [1.165, 1.54) is 0 Å². The van der Waals surface area contributed by atoms with Crippen LogP contribution in [-0.4, -0.2) is 39.3 Å². The molecule has 1 aliphatic rings. The fourth-order valence-electron chi connectivity index (χ4n) is 2.41. The third-order valence-corrected chi connectivity index (χ3v) is 3.61. The van der Waals surface area contributed by atoms with E-state index in [0.717, 1.165) is 19.3 Å². The fraction of sp³-hybridized carbons (Fsp3) is 0.625. The number of unbranched alkanes of at least 4 members (excludes halogenated alkanes) is 2. The molecule has 1 rings (SSSR count). The van der Waals surface area contributed by atoms with Crippen LogP contribution in [0.5, 0.6) is 0 Å². The minimum Gasteiger partial charge on any atom is -0.481 e. The Labute approximate surface area is 125 Å². The number of aliphatic hydroxyl groups excluding tert-OH is 2. The highest BCUT2D eigenvalue weighted by Crippen LogP contribution is 2.28. The molecular formula is C16H24O5. The van der Waals surface area contributed by atoms with E-state index >= 15 is 0 Å². The Morgan fingerprint density at radius 1 is 1.43 bits per heavy atom. The maximum Gasteiger partial charge on any atom is 0.303 e. The Morgan fingerprint density at radius 2 is 2.14 bits per heavy atom. The second kappa shape index (κ2) is 8.74. The summed E-state index contributed by atoms with van der Waals surface area (Å²) in [6, 6.07) is 0. The van der Waals surface area contributed by atoms with Crippen LogP contribution >= 0.6 is 0 Å². The number of ketones is 1. The van der Waals surface area contributed by atoms with Crippen LogP contribution in [0.2, 0.25) is 0 Å². The summed E-state index contributed by atoms with van der Waals surface area (Å²) in [4.78, 5) is 22.4. The van der Waals surface area contributed by atoms with Gasteiger partial charge < -0.3 is 15.3 Å². The lowest BCUT2D eigenvalue weighted by Crippen LogP contribution is -2.06. The first-order valence-corrected chi connectivity index (χ1v) is 7.48. The minimum atomic E-state index is -0.973. The Bertz CT molecular complexity index is 436. The van der Waals surface area contributed by atoms with Crippen LogP contribution in [0.3, 0.4) is 0 Å². The van der Waals surface area contributed by atoms with E-state index in [1.54, 1.807) is 12.2 Å². The van der Waals surface area contributed by atoms with E-state index in [-0.39, 0.29) is 25.0 Å². The molecule has 5 nitrogen and oxygen atoms in total. The highest BCUT2D eigenvalue weighted by Gasteiger charge is 2.29. The lowest BCUT2D eigenvalue weighted by Gasteiger charge is -2.07. The van der Waals surface area contributed by atoms with Crippen molar-refractivity contribution in [3.63, 3.8) is 0 Å². The highest BCUT2D eigenvalue weighted by molar-refractivity contribution is 6.00. The monoisotopic (exact) mass is 296 g/mol. The van der Waals surface area contributed by atoms with Crippen LogP contribution in [0.15, 0.2) is 23.3 Å². The number of Topliss-reactive ketones (excluding diaryl/α,β-unsaturated/α-hetero) is 1. The zero-order valence-electron chi connectivity index (χ0n) is 12.4. The van der Waals surface area contributed by atoms with Crippen molar-refractivity contribution < 1.29 is 24.9 Å². The molecule has 0 heterocycles. The van der Waals surface area contributed by atoms with Crippen molar-refractivity contribution in [3.8, 4) is 0 Å². The Kier molecular flexibility index (Phi) is 7.32. The highest BCUT2D eigenvalue weighted by atomic mass is 16.4. The third kappa shape index (κ3) is 5.81. The number of carbonyl (C=O) groups excluding carboxylic acids is 1. The molecule has 0 amide bonds. The summed E-state index contributed by atoms with van der Waals surface area (Å²) in [6.07, 6.45) is 5.35. The summed E-state index contributed by atoms with van der Waals surface area (Å²) in [5.41, 5.74) is 0.831. The van der Waals surface area contributed by atoms with Crippen LogP contribution in [0.25, 0.3) is 0 Å². The third-order valence-electron chi connectivity index (χ3n) is 3.61. The summed E-state index contributed by atoms with van der Waals surface area (Å²) in [7, 11) is 0. The summed E-state index contributed by atoms with van der Waals surface area (Å²) >= 11 is 0. The van der Waals surface area contributed by atoms with Crippen LogP contribution in [0.4, 0.5) is 0 Å². The molecule has 118 valence electrons. The van der Waals surface area contributed by atoms with Gasteiger partial charge in [0.2, 0.25) is 0 Å². The maximum absolute atomic E-state index is 11.8. The average Bonchev–Trinajstić information content (AvgIpc) is 2.68. The first-order chi connectivity index (χ1) is 9.95. The molecule has 2 atom stereocenters. The molecule has 0 aliphatic heterocycles. The predicted molar refractivity (Wildman–Crippen MR) is 78.8 cm³/mol. The first kappa shape index (κ1) is 17.6. The second-order valence-corrected chi connectivity index (χ2v) is 5.39. The minimum absolute atomic E-state index is 0.000551. The normalized spacial score (nSPS) is 20.5. The van der Waals surface area contributed by atoms with Gasteiger partial charge in [0.25, 0.3) is 0 Å². The summed E-state index contributed by atoms with van der Waals surface area (Å²) < 4.78 is 0. The van der Waals surface area contributed by atoms with Crippen molar-refractivity contribution in [2.75, 3.05) is 0 Å². The number of allylic oxidation sites excluding steroid dienone is 1. The molecule has 0 aromatic heterocycles. The smallest absolute Gasteiger partial charge is 0.303 e. The molecule has 0 spiro atoms. The van der Waals surface area contributed by atoms with Gasteiger partial charge in [-0.3, -0.25) is 9.59 Å². The van der Waals surface area contributed by atoms with Crippen molar-refractivity contribution in [2.24, 2.45) is 0 Å². The number of carboxylic acid groups (broad SMARTS) is 1. The Hall–Kier alpha value is -1.46. The molecule has 0 aromatic carbocycles. The molecule has 0 radical (unpaired) electrons. The standard InChI is InChI=1S/C16H24O5/c1-2-3-4-5-11(17)6-7-12-13(8-9-16(20)21)15(19)10-14(12)18/h6-7,11,14,17-18H,2-5,8-10H2,1H3,(H,20,21). The number of hydrogen-bond donors (Lipinski definition) is 3. The van der Waals surface area contributed by atoms with Gasteiger partial charge in [0.1, 0.15) is 0 Å². The van der Waals surface area contributed by atoms with Crippen molar-refractivity contribution in [2.45, 2.75) is 64.1 Å². The molecule has 3 N–H and O–H groups in total. The average molecular weight is 296 g/mol. The van der Waals surface area contributed by atoms with Gasteiger partial charge in [0, 0.05) is 18.4 Å². The number of carbonyl (C=O) groups is 2. The van der Waals surface area contributed by atoms with Gasteiger partial charge in [-0.2, -0.15) is 0 Å². The van der Waals surface area contributed by atoms with Gasteiger partial charge in [0.15, 0.2) is 5.78 Å². The predicted octanol–water partition coefficient (Wildman–Crippen LogP) is 1.98. The van der Waals surface area contributed by atoms with Crippen LogP contribution < -0.4 is 0 Å². The molecule has 0 saturated carbocycles. The fourth-order valence-corrected chi connectivity index (χ4v) is 2.41. The zero-order chi connectivity index (χ0) is 15.8. The van der Waals surface area contributed by atoms with Gasteiger partial charge in [-0.25, -0.2) is 0 Å². The van der Waals surface area contributed by atoms with Crippen LogP contribution in [-0.2, 0) is 9.59 Å². The summed E-state index contributed by atoms with van der Waals surface area (Å²) in [5, 5.41) is 28.4. The zero-order valence-corrected chi connectivity index (χ0v) is 12.4. The van der Waals surface area contributed by atoms with Gasteiger partial charge in [0.05, 0.1) is 12.2 Å². The van der Waals surface area contributed by atoms with Crippen LogP contribution in [0, 0.1) is 0 Å². The molecule has 0 aromatic rings. The molecule has 5 heteroatoms. The van der Waals surface area contributed by atoms with Crippen molar-refractivity contribution >= 4 is 11.8 Å². The van der Waals surface area contributed by atoms with E-state index < -0.39 is 18.2 Å². The molecule has 0 bridgehead atoms. The summed E-state index contributed by atoms with van der Waals surface area (Å²) in [5.74, 6) is -1.18. The van der Waals surface area contributed by atoms with E-state index in [4.69, 9.17) is 5.11 Å². The summed E-state index contributed by atoms with van der Waals surface area (Å²) in [6.45, 7) is 2.09. The number of carboxylic acids is 1. The van der Waals surface area contributed by atoms with Gasteiger partial charge >= 0.3 is 5.97 Å². The second-order valence-electron chi connectivity index (χ2n) is 5.39. The number of hydrogen-bond acceptors (Lipinski definition) is 4. The molecule has 0 fully saturated rings. The van der Waals surface area contributed by atoms with Gasteiger partial charge in [-0.15, -0.1) is 0 Å². The van der Waals surface area contributed by atoms with Crippen molar-refractivity contribution in [1.82, 2.24) is 0 Å². The van der Waals surface area contributed by atoms with E-state index in [1.807, 2.05) is 0 Å². The number of rotatable bonds is 9. The quantitative estimate of drug-likeness (QED) is 0.565. The first-order valence-electron chi connectivity index (χ1n) is 7.48. The van der Waals surface area contributed by atoms with E-state index in [0.29, 0.717) is 17.6 Å². The van der Waals surface area contributed by atoms with Crippen molar-refractivity contribution in [3.05, 3.63) is 23.3 Å². The molecule has 0 saturated heterocycles. The number of aliphatic carboxylic acids is 1. The van der Waals surface area contributed by atoms with E-state index in [9.17, 15) is 19.8 Å². The van der Waals surface area contributed by atoms with Gasteiger partial charge in [-0.1, -0.05) is 38.3 Å². The SMILES string of the molecule is CCCCCC(O)C=CC1=C(CCC(=O)O)C(=O)CC1O. The number of aliphatic hydroxyl groups is 2. The van der Waals surface area contributed by atoms with Gasteiger partial charge in [-0.05, 0) is 18.4 Å². The molecular weight excluding hydrogens is 272 g/mol. The molecule has 1 aliphatic carbocycles. The molecule has 2 unspecified atom stereocenters. The van der Waals surface area contributed by atoms with Crippen molar-refractivity contribution in [1.29, 1.82) is 0 Å². The lowest BCUT2D eigenvalue weighted by molar-refractivity contribution is -0.136. The Balaban J connectivity index is 2.69. The Morgan fingerprint density at radius 3 is 2.76 bits per heavy atom. The molecule has 21 heavy (non-hydrogen) atoms. The van der Waals surface area contributed by atoms with E-state index in [2.05, 4.69) is 6.92 Å². The lowest BCUT2D eigenvalue weighted by atomic mass is 10.0. The topological polar surface area (TPSA) is 94.8 Å². The largest absolute Gasteiger partial charge is 0.481 e. The maximum atomic E-state index is 11.8. The van der Waals surface area contributed by atoms with Crippen LogP contribution in [0.1, 0.15) is 51.9 Å².